The predicted octanol–water partition coefficient (Wildman–Crippen LogP) is 3.36. The van der Waals surface area contributed by atoms with Gasteiger partial charge in [0.25, 0.3) is 0 Å². The van der Waals surface area contributed by atoms with E-state index in [1.54, 1.807) is 0 Å². The molecule has 2 N–H and O–H groups in total. The second-order valence-electron chi connectivity index (χ2n) is 4.72. The maximum absolute atomic E-state index is 6.38. The van der Waals surface area contributed by atoms with Crippen LogP contribution in [0.5, 0.6) is 0 Å². The van der Waals surface area contributed by atoms with Crippen LogP contribution >= 0.6 is 12.4 Å². The van der Waals surface area contributed by atoms with Crippen molar-refractivity contribution >= 4 is 12.4 Å². The zero-order chi connectivity index (χ0) is 9.19. The largest absolute Gasteiger partial charge is 0.325 e. The van der Waals surface area contributed by atoms with Gasteiger partial charge in [0.05, 0.1) is 0 Å². The van der Waals surface area contributed by atoms with Gasteiger partial charge in [0.15, 0.2) is 0 Å². The Morgan fingerprint density at radius 1 is 1.38 bits per heavy atom. The average molecular weight is 206 g/mol. The lowest BCUT2D eigenvalue weighted by molar-refractivity contribution is 0.174. The third-order valence-corrected chi connectivity index (χ3v) is 3.80. The Morgan fingerprint density at radius 2 is 1.85 bits per heavy atom. The number of halogens is 1. The van der Waals surface area contributed by atoms with E-state index in [9.17, 15) is 0 Å². The molecule has 0 saturated heterocycles. The fourth-order valence-electron chi connectivity index (χ4n) is 2.20. The Bertz CT molecular complexity index is 139. The fourth-order valence-corrected chi connectivity index (χ4v) is 2.20. The van der Waals surface area contributed by atoms with Crippen molar-refractivity contribution in [2.24, 2.45) is 17.6 Å². The Labute approximate surface area is 88.9 Å². The van der Waals surface area contributed by atoms with Gasteiger partial charge < -0.3 is 5.73 Å². The molecule has 0 heterocycles. The highest BCUT2D eigenvalue weighted by Gasteiger charge is 2.33. The SMILES string of the molecule is CCC(C)C1(N)CCC(C)CC1.Cl. The van der Waals surface area contributed by atoms with Gasteiger partial charge in [-0.2, -0.15) is 0 Å². The normalized spacial score (nSPS) is 36.5. The van der Waals surface area contributed by atoms with Crippen molar-refractivity contribution in [3.63, 3.8) is 0 Å². The van der Waals surface area contributed by atoms with Crippen LogP contribution in [-0.2, 0) is 0 Å². The first kappa shape index (κ1) is 13.2. The van der Waals surface area contributed by atoms with Crippen molar-refractivity contribution in [2.45, 2.75) is 58.4 Å². The maximum Gasteiger partial charge on any atom is 0.0180 e. The highest BCUT2D eigenvalue weighted by molar-refractivity contribution is 5.85. The van der Waals surface area contributed by atoms with E-state index in [0.29, 0.717) is 5.92 Å². The molecule has 1 fully saturated rings. The summed E-state index contributed by atoms with van der Waals surface area (Å²) < 4.78 is 0. The summed E-state index contributed by atoms with van der Waals surface area (Å²) >= 11 is 0. The molecule has 0 aromatic carbocycles. The van der Waals surface area contributed by atoms with Crippen molar-refractivity contribution < 1.29 is 0 Å². The lowest BCUT2D eigenvalue weighted by Gasteiger charge is -2.40. The Hall–Kier alpha value is 0.250. The summed E-state index contributed by atoms with van der Waals surface area (Å²) in [5.74, 6) is 1.61. The Morgan fingerprint density at radius 3 is 2.23 bits per heavy atom. The molecule has 0 spiro atoms. The molecule has 1 aliphatic carbocycles. The van der Waals surface area contributed by atoms with Crippen molar-refractivity contribution in [1.29, 1.82) is 0 Å². The van der Waals surface area contributed by atoms with Crippen LogP contribution in [0.2, 0.25) is 0 Å². The van der Waals surface area contributed by atoms with Crippen molar-refractivity contribution in [1.82, 2.24) is 0 Å². The standard InChI is InChI=1S/C11H23N.ClH/c1-4-10(3)11(12)7-5-9(2)6-8-11;/h9-10H,4-8,12H2,1-3H3;1H. The summed E-state index contributed by atoms with van der Waals surface area (Å²) in [6.07, 6.45) is 6.37. The highest BCUT2D eigenvalue weighted by atomic mass is 35.5. The van der Waals surface area contributed by atoms with E-state index in [1.807, 2.05) is 0 Å². The van der Waals surface area contributed by atoms with E-state index >= 15 is 0 Å². The van der Waals surface area contributed by atoms with Gasteiger partial charge in [-0.25, -0.2) is 0 Å². The highest BCUT2D eigenvalue weighted by Crippen LogP contribution is 2.36. The van der Waals surface area contributed by atoms with Gasteiger partial charge in [0.2, 0.25) is 0 Å². The summed E-state index contributed by atoms with van der Waals surface area (Å²) in [4.78, 5) is 0. The molecule has 1 nitrogen and oxygen atoms in total. The third-order valence-electron chi connectivity index (χ3n) is 3.80. The lowest BCUT2D eigenvalue weighted by atomic mass is 9.70. The topological polar surface area (TPSA) is 26.0 Å². The van der Waals surface area contributed by atoms with E-state index in [-0.39, 0.29) is 17.9 Å². The van der Waals surface area contributed by atoms with Crippen LogP contribution in [0.1, 0.15) is 52.9 Å². The molecule has 1 unspecified atom stereocenters. The third kappa shape index (κ3) is 3.14. The monoisotopic (exact) mass is 205 g/mol. The first-order valence-electron chi connectivity index (χ1n) is 5.37. The number of hydrogen-bond donors (Lipinski definition) is 1. The van der Waals surface area contributed by atoms with Gasteiger partial charge in [-0.3, -0.25) is 0 Å². The molecular formula is C11H24ClN. The lowest BCUT2D eigenvalue weighted by Crippen LogP contribution is -2.48. The van der Waals surface area contributed by atoms with Crippen molar-refractivity contribution in [3.8, 4) is 0 Å². The summed E-state index contributed by atoms with van der Waals surface area (Å²) in [7, 11) is 0. The van der Waals surface area contributed by atoms with Crippen LogP contribution in [0.4, 0.5) is 0 Å². The van der Waals surface area contributed by atoms with Crippen molar-refractivity contribution in [2.75, 3.05) is 0 Å². The molecule has 0 bridgehead atoms. The zero-order valence-corrected chi connectivity index (χ0v) is 9.99. The molecule has 0 aromatic rings. The van der Waals surface area contributed by atoms with Crippen molar-refractivity contribution in [3.05, 3.63) is 0 Å². The molecule has 1 rings (SSSR count). The van der Waals surface area contributed by atoms with Crippen LogP contribution in [0.15, 0.2) is 0 Å². The second kappa shape index (κ2) is 5.21. The molecule has 1 aliphatic rings. The first-order valence-corrected chi connectivity index (χ1v) is 5.37. The fraction of sp³-hybridized carbons (Fsp3) is 1.00. The van der Waals surface area contributed by atoms with E-state index < -0.39 is 0 Å². The zero-order valence-electron chi connectivity index (χ0n) is 9.18. The quantitative estimate of drug-likeness (QED) is 0.735. The molecule has 0 aromatic heterocycles. The van der Waals surface area contributed by atoms with Crippen LogP contribution < -0.4 is 5.73 Å². The Kier molecular flexibility index (Phi) is 5.31. The summed E-state index contributed by atoms with van der Waals surface area (Å²) in [6, 6.07) is 0. The Balaban J connectivity index is 0.00000144. The average Bonchev–Trinajstić information content (AvgIpc) is 2.09. The number of hydrogen-bond acceptors (Lipinski definition) is 1. The minimum Gasteiger partial charge on any atom is -0.325 e. The van der Waals surface area contributed by atoms with E-state index in [4.69, 9.17) is 5.73 Å². The van der Waals surface area contributed by atoms with Crippen LogP contribution in [0, 0.1) is 11.8 Å². The molecule has 0 amide bonds. The van der Waals surface area contributed by atoms with Crippen LogP contribution in [0.3, 0.4) is 0 Å². The van der Waals surface area contributed by atoms with E-state index in [2.05, 4.69) is 20.8 Å². The van der Waals surface area contributed by atoms with Gasteiger partial charge in [0, 0.05) is 5.54 Å². The summed E-state index contributed by atoms with van der Waals surface area (Å²) in [5, 5.41) is 0. The molecule has 1 saturated carbocycles. The molecule has 2 heteroatoms. The van der Waals surface area contributed by atoms with Gasteiger partial charge in [-0.15, -0.1) is 12.4 Å². The van der Waals surface area contributed by atoms with Crippen LogP contribution in [0.25, 0.3) is 0 Å². The minimum atomic E-state index is 0. The van der Waals surface area contributed by atoms with E-state index in [1.165, 1.54) is 32.1 Å². The maximum atomic E-state index is 6.38. The van der Waals surface area contributed by atoms with Crippen LogP contribution in [-0.4, -0.2) is 5.54 Å². The minimum absolute atomic E-state index is 0. The van der Waals surface area contributed by atoms with Gasteiger partial charge >= 0.3 is 0 Å². The second-order valence-corrected chi connectivity index (χ2v) is 4.72. The van der Waals surface area contributed by atoms with Gasteiger partial charge in [-0.05, 0) is 37.5 Å². The predicted molar refractivity (Wildman–Crippen MR) is 61.3 cm³/mol. The summed E-state index contributed by atoms with van der Waals surface area (Å²) in [6.45, 7) is 6.89. The van der Waals surface area contributed by atoms with E-state index in [0.717, 1.165) is 5.92 Å². The number of rotatable bonds is 2. The molecule has 80 valence electrons. The van der Waals surface area contributed by atoms with Gasteiger partial charge in [0.1, 0.15) is 0 Å². The molecule has 0 aliphatic heterocycles. The van der Waals surface area contributed by atoms with Gasteiger partial charge in [-0.1, -0.05) is 27.2 Å². The molecule has 0 radical (unpaired) electrons. The smallest absolute Gasteiger partial charge is 0.0180 e. The number of nitrogens with two attached hydrogens (primary N) is 1. The summed E-state index contributed by atoms with van der Waals surface area (Å²) in [5.41, 5.74) is 6.54. The molecule has 1 atom stereocenters. The molecular weight excluding hydrogens is 182 g/mol. The first-order chi connectivity index (χ1) is 5.58. The molecule has 13 heavy (non-hydrogen) atoms.